The Labute approximate surface area is 132 Å². The number of anilines is 1. The van der Waals surface area contributed by atoms with Gasteiger partial charge in [0.1, 0.15) is 6.17 Å². The first-order chi connectivity index (χ1) is 9.82. The fourth-order valence-electron chi connectivity index (χ4n) is 2.15. The molecule has 1 atom stereocenters. The minimum absolute atomic E-state index is 0. The van der Waals surface area contributed by atoms with Crippen LogP contribution in [0.15, 0.2) is 34.3 Å². The SMILES string of the molecule is CCCC1N=C(N)N=C(N)N1c1cccc(C(F)(F)F)c1.Cl. The standard InChI is InChI=1S/C13H16F3N5.ClH/c1-2-4-10-19-11(17)20-12(18)21(10)9-6-3-5-8(7-9)13(14,15)16;/h3,5-7,10H,2,4H2,1H3,(H4,17,18,19,20);1H. The van der Waals surface area contributed by atoms with E-state index in [0.29, 0.717) is 12.1 Å². The van der Waals surface area contributed by atoms with Crippen molar-refractivity contribution in [3.8, 4) is 0 Å². The number of rotatable bonds is 3. The Morgan fingerprint density at radius 3 is 2.55 bits per heavy atom. The molecule has 0 amide bonds. The minimum atomic E-state index is -4.42. The Bertz CT molecular complexity index is 585. The quantitative estimate of drug-likeness (QED) is 0.891. The third-order valence-corrected chi connectivity index (χ3v) is 3.05. The molecule has 0 aliphatic carbocycles. The number of hydrogen-bond donors (Lipinski definition) is 2. The molecule has 1 aromatic rings. The van der Waals surface area contributed by atoms with E-state index >= 15 is 0 Å². The van der Waals surface area contributed by atoms with E-state index in [1.807, 2.05) is 6.92 Å². The summed E-state index contributed by atoms with van der Waals surface area (Å²) in [5.41, 5.74) is 10.9. The molecular weight excluding hydrogens is 319 g/mol. The molecule has 0 bridgehead atoms. The number of nitrogens with two attached hydrogens (primary N) is 2. The topological polar surface area (TPSA) is 80.0 Å². The Morgan fingerprint density at radius 1 is 1.27 bits per heavy atom. The summed E-state index contributed by atoms with van der Waals surface area (Å²) >= 11 is 0. The van der Waals surface area contributed by atoms with E-state index < -0.39 is 17.9 Å². The maximum atomic E-state index is 12.8. The highest BCUT2D eigenvalue weighted by atomic mass is 35.5. The monoisotopic (exact) mass is 335 g/mol. The van der Waals surface area contributed by atoms with Crippen LogP contribution in [0.2, 0.25) is 0 Å². The molecule has 0 fully saturated rings. The molecule has 0 saturated carbocycles. The Hall–Kier alpha value is -1.96. The lowest BCUT2D eigenvalue weighted by Gasteiger charge is -2.32. The minimum Gasteiger partial charge on any atom is -0.369 e. The van der Waals surface area contributed by atoms with Gasteiger partial charge in [0.25, 0.3) is 0 Å². The van der Waals surface area contributed by atoms with Crippen molar-refractivity contribution in [3.63, 3.8) is 0 Å². The number of alkyl halides is 3. The van der Waals surface area contributed by atoms with E-state index in [4.69, 9.17) is 11.5 Å². The van der Waals surface area contributed by atoms with Crippen LogP contribution in [0.25, 0.3) is 0 Å². The van der Waals surface area contributed by atoms with E-state index in [1.165, 1.54) is 17.0 Å². The van der Waals surface area contributed by atoms with Crippen LogP contribution in [0.1, 0.15) is 25.3 Å². The smallest absolute Gasteiger partial charge is 0.369 e. The molecule has 0 radical (unpaired) electrons. The van der Waals surface area contributed by atoms with Crippen molar-refractivity contribution < 1.29 is 13.2 Å². The van der Waals surface area contributed by atoms with E-state index in [0.717, 1.165) is 18.6 Å². The van der Waals surface area contributed by atoms with Gasteiger partial charge in [-0.25, -0.2) is 4.99 Å². The lowest BCUT2D eigenvalue weighted by atomic mass is 10.1. The van der Waals surface area contributed by atoms with Crippen molar-refractivity contribution in [2.24, 2.45) is 21.5 Å². The zero-order chi connectivity index (χ0) is 15.6. The first-order valence-corrected chi connectivity index (χ1v) is 6.47. The molecule has 5 nitrogen and oxygen atoms in total. The van der Waals surface area contributed by atoms with Crippen molar-refractivity contribution in [3.05, 3.63) is 29.8 Å². The molecule has 9 heteroatoms. The van der Waals surface area contributed by atoms with Crippen LogP contribution in [-0.4, -0.2) is 18.1 Å². The van der Waals surface area contributed by atoms with E-state index in [2.05, 4.69) is 9.98 Å². The second-order valence-electron chi connectivity index (χ2n) is 4.64. The number of nitrogens with zero attached hydrogens (tertiary/aromatic N) is 3. The molecule has 0 aromatic heterocycles. The molecule has 2 rings (SSSR count). The van der Waals surface area contributed by atoms with Gasteiger partial charge in [0.15, 0.2) is 0 Å². The van der Waals surface area contributed by atoms with Gasteiger partial charge in [-0.05, 0) is 24.6 Å². The van der Waals surface area contributed by atoms with Crippen LogP contribution in [0.4, 0.5) is 18.9 Å². The molecule has 1 heterocycles. The molecule has 4 N–H and O–H groups in total. The summed E-state index contributed by atoms with van der Waals surface area (Å²) in [6.07, 6.45) is -3.48. The maximum absolute atomic E-state index is 12.8. The molecule has 1 aliphatic heterocycles. The zero-order valence-electron chi connectivity index (χ0n) is 11.8. The highest BCUT2D eigenvalue weighted by Gasteiger charge is 2.32. The summed E-state index contributed by atoms with van der Waals surface area (Å²) in [5.74, 6) is 0.0782. The van der Waals surface area contributed by atoms with Gasteiger partial charge in [0, 0.05) is 5.69 Å². The summed E-state index contributed by atoms with van der Waals surface area (Å²) in [6.45, 7) is 1.94. The summed E-state index contributed by atoms with van der Waals surface area (Å²) in [4.78, 5) is 9.44. The van der Waals surface area contributed by atoms with Crippen LogP contribution >= 0.6 is 12.4 Å². The van der Waals surface area contributed by atoms with E-state index in [-0.39, 0.29) is 24.3 Å². The van der Waals surface area contributed by atoms with Crippen molar-refractivity contribution in [1.29, 1.82) is 0 Å². The number of aliphatic imine (C=N–C) groups is 2. The first kappa shape index (κ1) is 18.1. The molecule has 122 valence electrons. The highest BCUT2D eigenvalue weighted by Crippen LogP contribution is 2.32. The second-order valence-corrected chi connectivity index (χ2v) is 4.64. The van der Waals surface area contributed by atoms with Crippen LogP contribution in [0.5, 0.6) is 0 Å². The Kier molecular flexibility index (Phi) is 5.65. The third kappa shape index (κ3) is 3.82. The van der Waals surface area contributed by atoms with Gasteiger partial charge in [-0.1, -0.05) is 19.4 Å². The number of guanidine groups is 2. The van der Waals surface area contributed by atoms with Crippen molar-refractivity contribution in [1.82, 2.24) is 0 Å². The predicted octanol–water partition coefficient (Wildman–Crippen LogP) is 2.70. The predicted molar refractivity (Wildman–Crippen MR) is 83.1 cm³/mol. The van der Waals surface area contributed by atoms with Crippen LogP contribution in [0, 0.1) is 0 Å². The average molecular weight is 336 g/mol. The highest BCUT2D eigenvalue weighted by molar-refractivity contribution is 6.04. The second kappa shape index (κ2) is 6.87. The van der Waals surface area contributed by atoms with Gasteiger partial charge in [-0.2, -0.15) is 18.2 Å². The van der Waals surface area contributed by atoms with Crippen molar-refractivity contribution in [2.75, 3.05) is 4.90 Å². The maximum Gasteiger partial charge on any atom is 0.416 e. The molecule has 0 spiro atoms. The summed E-state index contributed by atoms with van der Waals surface area (Å²) in [6, 6.07) is 4.91. The average Bonchev–Trinajstić information content (AvgIpc) is 2.37. The lowest BCUT2D eigenvalue weighted by Crippen LogP contribution is -2.48. The molecule has 1 aromatic carbocycles. The molecular formula is C13H17ClF3N5. The number of benzene rings is 1. The first-order valence-electron chi connectivity index (χ1n) is 6.47. The van der Waals surface area contributed by atoms with Gasteiger partial charge >= 0.3 is 6.18 Å². The summed E-state index contributed by atoms with van der Waals surface area (Å²) in [5, 5.41) is 0. The van der Waals surface area contributed by atoms with Gasteiger partial charge in [0.2, 0.25) is 11.9 Å². The van der Waals surface area contributed by atoms with Gasteiger partial charge < -0.3 is 11.5 Å². The molecule has 0 saturated heterocycles. The summed E-state index contributed by atoms with van der Waals surface area (Å²) in [7, 11) is 0. The number of hydrogen-bond acceptors (Lipinski definition) is 5. The van der Waals surface area contributed by atoms with Crippen LogP contribution < -0.4 is 16.4 Å². The molecule has 22 heavy (non-hydrogen) atoms. The fraction of sp³-hybridized carbons (Fsp3) is 0.385. The normalized spacial score (nSPS) is 18.4. The lowest BCUT2D eigenvalue weighted by molar-refractivity contribution is -0.137. The van der Waals surface area contributed by atoms with E-state index in [1.54, 1.807) is 0 Å². The van der Waals surface area contributed by atoms with Crippen LogP contribution in [0.3, 0.4) is 0 Å². The number of halogens is 4. The fourth-order valence-corrected chi connectivity index (χ4v) is 2.15. The van der Waals surface area contributed by atoms with Crippen molar-refractivity contribution >= 4 is 30.0 Å². The zero-order valence-corrected chi connectivity index (χ0v) is 12.7. The van der Waals surface area contributed by atoms with Gasteiger partial charge in [0.05, 0.1) is 5.56 Å². The Balaban J connectivity index is 0.00000242. The Morgan fingerprint density at radius 2 is 1.95 bits per heavy atom. The molecule has 1 unspecified atom stereocenters. The van der Waals surface area contributed by atoms with E-state index in [9.17, 15) is 13.2 Å². The van der Waals surface area contributed by atoms with Crippen molar-refractivity contribution in [2.45, 2.75) is 32.1 Å². The van der Waals surface area contributed by atoms with Gasteiger partial charge in [-0.15, -0.1) is 12.4 Å². The summed E-state index contributed by atoms with van der Waals surface area (Å²) < 4.78 is 38.4. The third-order valence-electron chi connectivity index (χ3n) is 3.05. The van der Waals surface area contributed by atoms with Crippen LogP contribution in [-0.2, 0) is 6.18 Å². The largest absolute Gasteiger partial charge is 0.416 e. The van der Waals surface area contributed by atoms with Gasteiger partial charge in [-0.3, -0.25) is 4.90 Å². The molecule has 1 aliphatic rings.